The summed E-state index contributed by atoms with van der Waals surface area (Å²) in [7, 11) is 1.66. The van der Waals surface area contributed by atoms with Crippen LogP contribution in [0.1, 0.15) is 36.0 Å². The van der Waals surface area contributed by atoms with E-state index < -0.39 is 5.97 Å². The molecule has 0 aromatic heterocycles. The lowest BCUT2D eigenvalue weighted by molar-refractivity contribution is 0.0497. The smallest absolute Gasteiger partial charge is 0.338 e. The van der Waals surface area contributed by atoms with Gasteiger partial charge in [0.05, 0.1) is 25.9 Å². The normalized spacial score (nSPS) is 10.5. The van der Waals surface area contributed by atoms with Crippen molar-refractivity contribution in [2.24, 2.45) is 0 Å². The molecule has 0 heterocycles. The van der Waals surface area contributed by atoms with Crippen LogP contribution in [0.5, 0.6) is 11.5 Å². The molecule has 0 aliphatic carbocycles. The molecule has 3 rings (SSSR count). The summed E-state index contributed by atoms with van der Waals surface area (Å²) >= 11 is 0. The summed E-state index contributed by atoms with van der Waals surface area (Å²) in [6, 6.07) is 20.8. The Kier molecular flexibility index (Phi) is 8.37. The Bertz CT molecular complexity index is 981. The Balaban J connectivity index is 1.29. The number of nitrogens with two attached hydrogens (primary N) is 2. The minimum Gasteiger partial charge on any atom is -0.497 e. The fourth-order valence-corrected chi connectivity index (χ4v) is 3.32. The average Bonchev–Trinajstić information content (AvgIpc) is 2.80. The third-order valence-electron chi connectivity index (χ3n) is 5.03. The van der Waals surface area contributed by atoms with Crippen LogP contribution < -0.4 is 20.9 Å². The minimum atomic E-state index is -0.398. The maximum absolute atomic E-state index is 12.0. The van der Waals surface area contributed by atoms with Gasteiger partial charge in [-0.25, -0.2) is 4.79 Å². The summed E-state index contributed by atoms with van der Waals surface area (Å²) < 4.78 is 16.3. The molecule has 3 aromatic carbocycles. The molecule has 0 atom stereocenters. The Morgan fingerprint density at radius 2 is 1.25 bits per heavy atom. The van der Waals surface area contributed by atoms with Crippen molar-refractivity contribution < 1.29 is 19.0 Å². The van der Waals surface area contributed by atoms with Gasteiger partial charge in [0.2, 0.25) is 0 Å². The Labute approximate surface area is 189 Å². The number of ether oxygens (including phenoxy) is 3. The van der Waals surface area contributed by atoms with Gasteiger partial charge in [0.1, 0.15) is 11.5 Å². The monoisotopic (exact) mass is 434 g/mol. The number of nitrogen functional groups attached to an aromatic ring is 2. The zero-order valence-electron chi connectivity index (χ0n) is 18.4. The number of methoxy groups -OCH3 is 1. The van der Waals surface area contributed by atoms with Crippen molar-refractivity contribution in [2.45, 2.75) is 25.7 Å². The molecule has 0 amide bonds. The maximum atomic E-state index is 12.0. The van der Waals surface area contributed by atoms with Gasteiger partial charge in [0.15, 0.2) is 0 Å². The largest absolute Gasteiger partial charge is 0.497 e. The van der Waals surface area contributed by atoms with Gasteiger partial charge >= 0.3 is 5.97 Å². The van der Waals surface area contributed by atoms with Crippen molar-refractivity contribution in [2.75, 3.05) is 31.8 Å². The first kappa shape index (κ1) is 23.0. The second-order valence-electron chi connectivity index (χ2n) is 7.54. The van der Waals surface area contributed by atoms with Gasteiger partial charge < -0.3 is 25.7 Å². The van der Waals surface area contributed by atoms with Crippen molar-refractivity contribution >= 4 is 17.3 Å². The molecule has 0 spiro atoms. The number of unbranched alkanes of at least 4 members (excludes halogenated alkanes) is 3. The zero-order valence-corrected chi connectivity index (χ0v) is 18.4. The van der Waals surface area contributed by atoms with Gasteiger partial charge in [-0.15, -0.1) is 0 Å². The Morgan fingerprint density at radius 3 is 1.81 bits per heavy atom. The molecule has 0 aliphatic rings. The highest BCUT2D eigenvalue weighted by Crippen LogP contribution is 2.24. The van der Waals surface area contributed by atoms with Gasteiger partial charge in [-0.2, -0.15) is 0 Å². The molecule has 0 fully saturated rings. The van der Waals surface area contributed by atoms with E-state index in [0.717, 1.165) is 48.3 Å². The molecule has 0 unspecified atom stereocenters. The predicted octanol–water partition coefficient (Wildman–Crippen LogP) is 5.32. The second kappa shape index (κ2) is 11.6. The molecule has 32 heavy (non-hydrogen) atoms. The highest BCUT2D eigenvalue weighted by atomic mass is 16.5. The third kappa shape index (κ3) is 6.94. The van der Waals surface area contributed by atoms with Crippen LogP contribution in [0.2, 0.25) is 0 Å². The molecule has 0 saturated heterocycles. The summed E-state index contributed by atoms with van der Waals surface area (Å²) in [6.45, 7) is 1.03. The molecule has 0 saturated carbocycles. The average molecular weight is 435 g/mol. The first-order valence-corrected chi connectivity index (χ1v) is 10.8. The molecule has 6 nitrogen and oxygen atoms in total. The topological polar surface area (TPSA) is 96.8 Å². The number of esters is 1. The van der Waals surface area contributed by atoms with E-state index in [-0.39, 0.29) is 0 Å². The molecule has 6 heteroatoms. The first-order valence-electron chi connectivity index (χ1n) is 10.8. The van der Waals surface area contributed by atoms with E-state index in [1.165, 1.54) is 0 Å². The van der Waals surface area contributed by atoms with Crippen molar-refractivity contribution in [3.05, 3.63) is 72.3 Å². The summed E-state index contributed by atoms with van der Waals surface area (Å²) in [5.74, 6) is 1.31. The SMILES string of the molecule is COc1ccc(-c2ccc(OCCCCCCOC(=O)c3cc(N)cc(N)c3)cc2)cc1. The molecule has 4 N–H and O–H groups in total. The summed E-state index contributed by atoms with van der Waals surface area (Å²) in [5.41, 5.74) is 15.0. The molecule has 168 valence electrons. The minimum absolute atomic E-state index is 0.376. The summed E-state index contributed by atoms with van der Waals surface area (Å²) in [4.78, 5) is 12.0. The molecule has 0 aliphatic heterocycles. The number of carbonyl (C=O) groups excluding carboxylic acids is 1. The molecule has 0 bridgehead atoms. The molecular weight excluding hydrogens is 404 g/mol. The van der Waals surface area contributed by atoms with E-state index in [1.54, 1.807) is 25.3 Å². The van der Waals surface area contributed by atoms with Crippen LogP contribution in [0.15, 0.2) is 66.7 Å². The van der Waals surface area contributed by atoms with Crippen LogP contribution in [0, 0.1) is 0 Å². The third-order valence-corrected chi connectivity index (χ3v) is 5.03. The van der Waals surface area contributed by atoms with Crippen LogP contribution >= 0.6 is 0 Å². The van der Waals surface area contributed by atoms with E-state index in [4.69, 9.17) is 25.7 Å². The van der Waals surface area contributed by atoms with E-state index in [0.29, 0.717) is 30.2 Å². The van der Waals surface area contributed by atoms with Crippen LogP contribution in [-0.4, -0.2) is 26.3 Å². The molecular formula is C26H30N2O4. The van der Waals surface area contributed by atoms with Crippen LogP contribution in [-0.2, 0) is 4.74 Å². The Morgan fingerprint density at radius 1 is 0.719 bits per heavy atom. The van der Waals surface area contributed by atoms with Gasteiger partial charge in [0.25, 0.3) is 0 Å². The fraction of sp³-hybridized carbons (Fsp3) is 0.269. The quantitative estimate of drug-likeness (QED) is 0.241. The number of carbonyl (C=O) groups is 1. The number of hydrogen-bond acceptors (Lipinski definition) is 6. The van der Waals surface area contributed by atoms with Gasteiger partial charge in [-0.1, -0.05) is 24.3 Å². The molecule has 0 radical (unpaired) electrons. The van der Waals surface area contributed by atoms with Crippen molar-refractivity contribution in [1.82, 2.24) is 0 Å². The first-order chi connectivity index (χ1) is 15.5. The lowest BCUT2D eigenvalue weighted by Crippen LogP contribution is -2.08. The zero-order chi connectivity index (χ0) is 22.8. The van der Waals surface area contributed by atoms with Crippen molar-refractivity contribution in [3.63, 3.8) is 0 Å². The second-order valence-corrected chi connectivity index (χ2v) is 7.54. The fourth-order valence-electron chi connectivity index (χ4n) is 3.32. The van der Waals surface area contributed by atoms with E-state index in [9.17, 15) is 4.79 Å². The van der Waals surface area contributed by atoms with Crippen molar-refractivity contribution in [1.29, 1.82) is 0 Å². The number of rotatable bonds is 11. The van der Waals surface area contributed by atoms with Crippen LogP contribution in [0.25, 0.3) is 11.1 Å². The Hall–Kier alpha value is -3.67. The van der Waals surface area contributed by atoms with E-state index >= 15 is 0 Å². The summed E-state index contributed by atoms with van der Waals surface area (Å²) in [6.07, 6.45) is 3.72. The van der Waals surface area contributed by atoms with Gasteiger partial charge in [0, 0.05) is 11.4 Å². The predicted molar refractivity (Wildman–Crippen MR) is 128 cm³/mol. The maximum Gasteiger partial charge on any atom is 0.338 e. The highest BCUT2D eigenvalue weighted by molar-refractivity contribution is 5.91. The van der Waals surface area contributed by atoms with E-state index in [1.807, 2.05) is 36.4 Å². The van der Waals surface area contributed by atoms with Crippen LogP contribution in [0.3, 0.4) is 0 Å². The lowest BCUT2D eigenvalue weighted by atomic mass is 10.1. The lowest BCUT2D eigenvalue weighted by Gasteiger charge is -2.09. The molecule has 3 aromatic rings. The van der Waals surface area contributed by atoms with E-state index in [2.05, 4.69) is 12.1 Å². The summed E-state index contributed by atoms with van der Waals surface area (Å²) in [5, 5.41) is 0. The standard InChI is InChI=1S/C26H30N2O4/c1-30-24-10-6-19(7-11-24)20-8-12-25(13-9-20)31-14-4-2-3-5-15-32-26(29)21-16-22(27)18-23(28)17-21/h6-13,16-18H,2-5,14-15,27-28H2,1H3. The van der Waals surface area contributed by atoms with Crippen LogP contribution in [0.4, 0.5) is 11.4 Å². The number of hydrogen-bond donors (Lipinski definition) is 2. The number of anilines is 2. The number of benzene rings is 3. The van der Waals surface area contributed by atoms with Crippen molar-refractivity contribution in [3.8, 4) is 22.6 Å². The van der Waals surface area contributed by atoms with Gasteiger partial charge in [-0.3, -0.25) is 0 Å². The van der Waals surface area contributed by atoms with Gasteiger partial charge in [-0.05, 0) is 79.3 Å². The highest BCUT2D eigenvalue weighted by Gasteiger charge is 2.08.